The van der Waals surface area contributed by atoms with Gasteiger partial charge in [0.1, 0.15) is 12.4 Å². The van der Waals surface area contributed by atoms with Crippen molar-refractivity contribution >= 4 is 11.6 Å². The summed E-state index contributed by atoms with van der Waals surface area (Å²) >= 11 is 0. The molecule has 0 fully saturated rings. The maximum Gasteiger partial charge on any atom is 0.224 e. The number of nitrogen functional groups attached to an aromatic ring is 1. The molecule has 1 heterocycles. The fraction of sp³-hybridized carbons (Fsp3) is 0.273. The van der Waals surface area contributed by atoms with E-state index >= 15 is 0 Å². The molecule has 0 aliphatic carbocycles. The summed E-state index contributed by atoms with van der Waals surface area (Å²) < 4.78 is 7.42. The highest BCUT2D eigenvalue weighted by molar-refractivity contribution is 5.43. The van der Waals surface area contributed by atoms with Crippen LogP contribution in [0.2, 0.25) is 0 Å². The van der Waals surface area contributed by atoms with Crippen molar-refractivity contribution in [2.24, 2.45) is 7.05 Å². The van der Waals surface area contributed by atoms with Gasteiger partial charge < -0.3 is 15.8 Å². The van der Waals surface area contributed by atoms with Gasteiger partial charge in [0.2, 0.25) is 5.95 Å². The Morgan fingerprint density at radius 2 is 2.24 bits per heavy atom. The lowest BCUT2D eigenvalue weighted by Gasteiger charge is -2.06. The number of hydrogen-bond donors (Lipinski definition) is 2. The van der Waals surface area contributed by atoms with E-state index in [1.807, 2.05) is 29.8 Å². The van der Waals surface area contributed by atoms with Crippen LogP contribution in [0.1, 0.15) is 5.82 Å². The first-order valence-electron chi connectivity index (χ1n) is 5.25. The zero-order chi connectivity index (χ0) is 12.3. The van der Waals surface area contributed by atoms with E-state index in [9.17, 15) is 0 Å². The van der Waals surface area contributed by atoms with Gasteiger partial charge in [-0.2, -0.15) is 0 Å². The predicted molar refractivity (Wildman–Crippen MR) is 65.7 cm³/mol. The van der Waals surface area contributed by atoms with Crippen LogP contribution in [0, 0.1) is 0 Å². The zero-order valence-corrected chi connectivity index (χ0v) is 9.84. The van der Waals surface area contributed by atoms with Crippen molar-refractivity contribution in [1.29, 1.82) is 0 Å². The van der Waals surface area contributed by atoms with Crippen molar-refractivity contribution in [3.05, 3.63) is 30.1 Å². The van der Waals surface area contributed by atoms with Crippen molar-refractivity contribution in [2.75, 3.05) is 18.1 Å². The molecule has 0 saturated carbocycles. The van der Waals surface area contributed by atoms with Gasteiger partial charge in [0, 0.05) is 25.8 Å². The number of nitrogens with two attached hydrogens (primary N) is 1. The molecule has 6 nitrogen and oxygen atoms in total. The maximum atomic E-state index is 5.66. The number of anilines is 2. The van der Waals surface area contributed by atoms with Crippen molar-refractivity contribution in [3.8, 4) is 5.75 Å². The summed E-state index contributed by atoms with van der Waals surface area (Å²) in [5.41, 5.74) is 6.34. The first-order chi connectivity index (χ1) is 8.20. The summed E-state index contributed by atoms with van der Waals surface area (Å²) in [7, 11) is 3.68. The SMILES string of the molecule is CNc1nnc(COc2cccc(N)c2)n1C. The average Bonchev–Trinajstić information content (AvgIpc) is 2.67. The van der Waals surface area contributed by atoms with E-state index in [2.05, 4.69) is 15.5 Å². The molecule has 6 heteroatoms. The molecule has 0 aliphatic heterocycles. The van der Waals surface area contributed by atoms with E-state index in [-0.39, 0.29) is 0 Å². The summed E-state index contributed by atoms with van der Waals surface area (Å²) in [6.45, 7) is 0.356. The highest BCUT2D eigenvalue weighted by Gasteiger charge is 2.07. The molecular formula is C11H15N5O. The van der Waals surface area contributed by atoms with Gasteiger partial charge >= 0.3 is 0 Å². The van der Waals surface area contributed by atoms with Crippen molar-refractivity contribution in [3.63, 3.8) is 0 Å². The molecule has 2 aromatic rings. The molecule has 1 aromatic heterocycles. The van der Waals surface area contributed by atoms with Crippen LogP contribution in [-0.2, 0) is 13.7 Å². The fourth-order valence-corrected chi connectivity index (χ4v) is 1.46. The normalized spacial score (nSPS) is 10.2. The molecule has 0 bridgehead atoms. The lowest BCUT2D eigenvalue weighted by molar-refractivity contribution is 0.291. The lowest BCUT2D eigenvalue weighted by atomic mass is 10.3. The Morgan fingerprint density at radius 3 is 2.88 bits per heavy atom. The van der Waals surface area contributed by atoms with Crippen molar-refractivity contribution in [1.82, 2.24) is 14.8 Å². The Balaban J connectivity index is 2.05. The smallest absolute Gasteiger partial charge is 0.224 e. The molecule has 0 spiro atoms. The molecule has 0 aliphatic rings. The molecule has 3 N–H and O–H groups in total. The minimum absolute atomic E-state index is 0.356. The quantitative estimate of drug-likeness (QED) is 0.771. The molecule has 2 rings (SSSR count). The number of rotatable bonds is 4. The van der Waals surface area contributed by atoms with E-state index in [1.54, 1.807) is 13.1 Å². The molecule has 0 amide bonds. The van der Waals surface area contributed by atoms with E-state index in [4.69, 9.17) is 10.5 Å². The Labute approximate surface area is 99.4 Å². The Bertz CT molecular complexity index is 508. The van der Waals surface area contributed by atoms with Crippen LogP contribution in [0.15, 0.2) is 24.3 Å². The summed E-state index contributed by atoms with van der Waals surface area (Å²) in [6.07, 6.45) is 0. The van der Waals surface area contributed by atoms with Crippen LogP contribution in [0.5, 0.6) is 5.75 Å². The lowest BCUT2D eigenvalue weighted by Crippen LogP contribution is -2.05. The minimum Gasteiger partial charge on any atom is -0.486 e. The predicted octanol–water partition coefficient (Wildman–Crippen LogP) is 1.02. The van der Waals surface area contributed by atoms with E-state index in [1.165, 1.54) is 0 Å². The zero-order valence-electron chi connectivity index (χ0n) is 9.84. The van der Waals surface area contributed by atoms with Crippen LogP contribution in [0.25, 0.3) is 0 Å². The van der Waals surface area contributed by atoms with Gasteiger partial charge in [0.15, 0.2) is 5.82 Å². The van der Waals surface area contributed by atoms with Crippen LogP contribution in [-0.4, -0.2) is 21.8 Å². The molecule has 0 unspecified atom stereocenters. The standard InChI is InChI=1S/C11H15N5O/c1-13-11-15-14-10(16(11)2)7-17-9-5-3-4-8(12)6-9/h3-6H,7,12H2,1-2H3,(H,13,15). The summed E-state index contributed by atoms with van der Waals surface area (Å²) in [4.78, 5) is 0. The van der Waals surface area contributed by atoms with Crippen LogP contribution in [0.4, 0.5) is 11.6 Å². The number of ether oxygens (including phenoxy) is 1. The third-order valence-corrected chi connectivity index (χ3v) is 2.41. The van der Waals surface area contributed by atoms with Gasteiger partial charge in [0.25, 0.3) is 0 Å². The van der Waals surface area contributed by atoms with Gasteiger partial charge in [-0.1, -0.05) is 6.07 Å². The van der Waals surface area contributed by atoms with Crippen molar-refractivity contribution < 1.29 is 4.74 Å². The second-order valence-electron chi connectivity index (χ2n) is 3.61. The summed E-state index contributed by atoms with van der Waals surface area (Å²) in [5.74, 6) is 2.17. The van der Waals surface area contributed by atoms with E-state index in [0.29, 0.717) is 18.2 Å². The highest BCUT2D eigenvalue weighted by Crippen LogP contribution is 2.16. The number of nitrogens with zero attached hydrogens (tertiary/aromatic N) is 3. The summed E-state index contributed by atoms with van der Waals surface area (Å²) in [6, 6.07) is 7.29. The monoisotopic (exact) mass is 233 g/mol. The van der Waals surface area contributed by atoms with Crippen molar-refractivity contribution in [2.45, 2.75) is 6.61 Å². The molecule has 90 valence electrons. The molecule has 1 aromatic carbocycles. The van der Waals surface area contributed by atoms with Crippen LogP contribution in [0.3, 0.4) is 0 Å². The van der Waals surface area contributed by atoms with Gasteiger partial charge in [-0.15, -0.1) is 10.2 Å². The van der Waals surface area contributed by atoms with E-state index < -0.39 is 0 Å². The second kappa shape index (κ2) is 4.73. The van der Waals surface area contributed by atoms with Gasteiger partial charge in [-0.05, 0) is 12.1 Å². The molecule has 0 saturated heterocycles. The Hall–Kier alpha value is -2.24. The number of hydrogen-bond acceptors (Lipinski definition) is 5. The molecule has 0 atom stereocenters. The number of nitrogens with one attached hydrogen (secondary N) is 1. The fourth-order valence-electron chi connectivity index (χ4n) is 1.46. The van der Waals surface area contributed by atoms with Crippen LogP contribution < -0.4 is 15.8 Å². The third kappa shape index (κ3) is 2.47. The number of benzene rings is 1. The first kappa shape index (κ1) is 11.3. The van der Waals surface area contributed by atoms with Crippen LogP contribution >= 0.6 is 0 Å². The third-order valence-electron chi connectivity index (χ3n) is 2.41. The average molecular weight is 233 g/mol. The first-order valence-corrected chi connectivity index (χ1v) is 5.25. The topological polar surface area (TPSA) is 78.0 Å². The Morgan fingerprint density at radius 1 is 1.41 bits per heavy atom. The highest BCUT2D eigenvalue weighted by atomic mass is 16.5. The minimum atomic E-state index is 0.356. The van der Waals surface area contributed by atoms with Gasteiger partial charge in [-0.25, -0.2) is 0 Å². The number of aromatic nitrogens is 3. The largest absolute Gasteiger partial charge is 0.486 e. The Kier molecular flexibility index (Phi) is 3.13. The maximum absolute atomic E-state index is 5.66. The molecule has 0 radical (unpaired) electrons. The van der Waals surface area contributed by atoms with Gasteiger partial charge in [-0.3, -0.25) is 4.57 Å². The van der Waals surface area contributed by atoms with E-state index in [0.717, 1.165) is 11.6 Å². The molecular weight excluding hydrogens is 218 g/mol. The summed E-state index contributed by atoms with van der Waals surface area (Å²) in [5, 5.41) is 10.9. The molecule has 17 heavy (non-hydrogen) atoms. The second-order valence-corrected chi connectivity index (χ2v) is 3.61. The van der Waals surface area contributed by atoms with Gasteiger partial charge in [0.05, 0.1) is 0 Å².